The van der Waals surface area contributed by atoms with Crippen LogP contribution >= 0.6 is 11.6 Å². The first-order valence-corrected chi connectivity index (χ1v) is 8.85. The van der Waals surface area contributed by atoms with E-state index in [0.29, 0.717) is 36.3 Å². The first-order chi connectivity index (χ1) is 12.0. The van der Waals surface area contributed by atoms with Gasteiger partial charge < -0.3 is 19.5 Å². The normalized spacial score (nSPS) is 10.6. The average molecular weight is 364 g/mol. The lowest BCUT2D eigenvalue weighted by atomic mass is 10.1. The monoisotopic (exact) mass is 363 g/mol. The molecule has 0 unspecified atom stereocenters. The SMILES string of the molecule is CCOc1cc(CNC)cc(Cl)c1OCCOc1cc(C)ccc1C. The van der Waals surface area contributed by atoms with Crippen molar-refractivity contribution in [2.45, 2.75) is 27.3 Å². The Bertz CT molecular complexity index is 704. The van der Waals surface area contributed by atoms with Crippen LogP contribution in [0.25, 0.3) is 0 Å². The highest BCUT2D eigenvalue weighted by atomic mass is 35.5. The molecule has 0 aliphatic rings. The Morgan fingerprint density at radius 1 is 0.960 bits per heavy atom. The fraction of sp³-hybridized carbons (Fsp3) is 0.400. The lowest BCUT2D eigenvalue weighted by Gasteiger charge is -2.16. The van der Waals surface area contributed by atoms with E-state index in [1.54, 1.807) is 0 Å². The van der Waals surface area contributed by atoms with E-state index in [0.717, 1.165) is 23.4 Å². The lowest BCUT2D eigenvalue weighted by Crippen LogP contribution is -2.11. The molecule has 0 saturated heterocycles. The molecule has 0 aromatic heterocycles. The molecule has 5 heteroatoms. The molecular weight excluding hydrogens is 338 g/mol. The van der Waals surface area contributed by atoms with Gasteiger partial charge in [-0.2, -0.15) is 0 Å². The minimum absolute atomic E-state index is 0.387. The van der Waals surface area contributed by atoms with Crippen LogP contribution in [0.15, 0.2) is 30.3 Å². The van der Waals surface area contributed by atoms with Crippen LogP contribution in [0.3, 0.4) is 0 Å². The van der Waals surface area contributed by atoms with Crippen molar-refractivity contribution < 1.29 is 14.2 Å². The second kappa shape index (κ2) is 9.54. The van der Waals surface area contributed by atoms with Gasteiger partial charge in [-0.05, 0) is 62.7 Å². The molecule has 0 saturated carbocycles. The van der Waals surface area contributed by atoms with Crippen molar-refractivity contribution in [3.8, 4) is 17.2 Å². The van der Waals surface area contributed by atoms with Crippen molar-refractivity contribution in [2.75, 3.05) is 26.9 Å². The van der Waals surface area contributed by atoms with Gasteiger partial charge in [0.15, 0.2) is 11.5 Å². The van der Waals surface area contributed by atoms with E-state index in [4.69, 9.17) is 25.8 Å². The maximum Gasteiger partial charge on any atom is 0.179 e. The molecule has 136 valence electrons. The minimum Gasteiger partial charge on any atom is -0.490 e. The van der Waals surface area contributed by atoms with Crippen molar-refractivity contribution in [2.24, 2.45) is 0 Å². The summed E-state index contributed by atoms with van der Waals surface area (Å²) in [6, 6.07) is 9.99. The Morgan fingerprint density at radius 3 is 2.44 bits per heavy atom. The molecule has 0 spiro atoms. The Hall–Kier alpha value is -1.91. The standard InChI is InChI=1S/C20H26ClNO3/c1-5-23-19-12-16(13-22-4)11-17(21)20(19)25-9-8-24-18-10-14(2)6-7-15(18)3/h6-7,10-12,22H,5,8-9,13H2,1-4H3. The summed E-state index contributed by atoms with van der Waals surface area (Å²) in [6.07, 6.45) is 0. The minimum atomic E-state index is 0.387. The zero-order chi connectivity index (χ0) is 18.2. The Balaban J connectivity index is 2.00. The highest BCUT2D eigenvalue weighted by Crippen LogP contribution is 2.36. The second-order valence-electron chi connectivity index (χ2n) is 5.83. The van der Waals surface area contributed by atoms with Gasteiger partial charge in [0.1, 0.15) is 19.0 Å². The quantitative estimate of drug-likeness (QED) is 0.664. The molecule has 0 aliphatic heterocycles. The van der Waals surface area contributed by atoms with Crippen molar-refractivity contribution in [1.82, 2.24) is 5.32 Å². The van der Waals surface area contributed by atoms with Crippen molar-refractivity contribution >= 4 is 11.6 Å². The number of halogens is 1. The van der Waals surface area contributed by atoms with Gasteiger partial charge in [-0.25, -0.2) is 0 Å². The maximum atomic E-state index is 6.37. The van der Waals surface area contributed by atoms with E-state index in [9.17, 15) is 0 Å². The van der Waals surface area contributed by atoms with E-state index in [-0.39, 0.29) is 0 Å². The molecule has 0 amide bonds. The number of nitrogens with one attached hydrogen (secondary N) is 1. The van der Waals surface area contributed by atoms with Crippen LogP contribution in [-0.4, -0.2) is 26.9 Å². The van der Waals surface area contributed by atoms with Crippen LogP contribution in [0, 0.1) is 13.8 Å². The highest BCUT2D eigenvalue weighted by Gasteiger charge is 2.12. The van der Waals surface area contributed by atoms with Gasteiger partial charge in [0.05, 0.1) is 11.6 Å². The summed E-state index contributed by atoms with van der Waals surface area (Å²) in [5.74, 6) is 2.10. The Morgan fingerprint density at radius 2 is 1.72 bits per heavy atom. The predicted octanol–water partition coefficient (Wildman–Crippen LogP) is 4.53. The highest BCUT2D eigenvalue weighted by molar-refractivity contribution is 6.32. The molecule has 25 heavy (non-hydrogen) atoms. The van der Waals surface area contributed by atoms with E-state index in [1.165, 1.54) is 5.56 Å². The van der Waals surface area contributed by atoms with E-state index in [1.807, 2.05) is 46.0 Å². The number of hydrogen-bond donors (Lipinski definition) is 1. The van der Waals surface area contributed by atoms with Crippen LogP contribution in [0.2, 0.25) is 5.02 Å². The first-order valence-electron chi connectivity index (χ1n) is 8.47. The smallest absolute Gasteiger partial charge is 0.179 e. The van der Waals surface area contributed by atoms with Crippen LogP contribution in [-0.2, 0) is 6.54 Å². The van der Waals surface area contributed by atoms with E-state index < -0.39 is 0 Å². The molecule has 2 rings (SSSR count). The summed E-state index contributed by atoms with van der Waals surface area (Å²) < 4.78 is 17.3. The molecule has 2 aromatic rings. The van der Waals surface area contributed by atoms with Crippen LogP contribution < -0.4 is 19.5 Å². The third-order valence-electron chi connectivity index (χ3n) is 3.68. The molecule has 0 aliphatic carbocycles. The summed E-state index contributed by atoms with van der Waals surface area (Å²) in [7, 11) is 1.89. The number of benzene rings is 2. The van der Waals surface area contributed by atoms with Gasteiger partial charge in [0.25, 0.3) is 0 Å². The summed E-state index contributed by atoms with van der Waals surface area (Å²) in [6.45, 7) is 8.10. The molecule has 0 bridgehead atoms. The number of hydrogen-bond acceptors (Lipinski definition) is 4. The van der Waals surface area contributed by atoms with Crippen molar-refractivity contribution in [3.05, 3.63) is 52.0 Å². The topological polar surface area (TPSA) is 39.7 Å². The largest absolute Gasteiger partial charge is 0.490 e. The summed E-state index contributed by atoms with van der Waals surface area (Å²) >= 11 is 6.37. The molecule has 0 atom stereocenters. The van der Waals surface area contributed by atoms with Gasteiger partial charge in [-0.15, -0.1) is 0 Å². The lowest BCUT2D eigenvalue weighted by molar-refractivity contribution is 0.207. The Kier molecular flexibility index (Phi) is 7.41. The average Bonchev–Trinajstić information content (AvgIpc) is 2.57. The number of rotatable bonds is 9. The van der Waals surface area contributed by atoms with E-state index in [2.05, 4.69) is 17.4 Å². The van der Waals surface area contributed by atoms with Gasteiger partial charge in [0, 0.05) is 6.54 Å². The number of ether oxygens (including phenoxy) is 3. The van der Waals surface area contributed by atoms with Crippen LogP contribution in [0.5, 0.6) is 17.2 Å². The third kappa shape index (κ3) is 5.55. The molecule has 4 nitrogen and oxygen atoms in total. The molecule has 1 N–H and O–H groups in total. The van der Waals surface area contributed by atoms with Crippen LogP contribution in [0.4, 0.5) is 0 Å². The third-order valence-corrected chi connectivity index (χ3v) is 3.96. The van der Waals surface area contributed by atoms with E-state index >= 15 is 0 Å². The van der Waals surface area contributed by atoms with Gasteiger partial charge in [-0.1, -0.05) is 23.7 Å². The summed E-state index contributed by atoms with van der Waals surface area (Å²) in [5.41, 5.74) is 3.33. The predicted molar refractivity (Wildman–Crippen MR) is 102 cm³/mol. The second-order valence-corrected chi connectivity index (χ2v) is 6.24. The molecule has 2 aromatic carbocycles. The van der Waals surface area contributed by atoms with Crippen LogP contribution in [0.1, 0.15) is 23.6 Å². The molecule has 0 fully saturated rings. The van der Waals surface area contributed by atoms with Gasteiger partial charge >= 0.3 is 0 Å². The number of aryl methyl sites for hydroxylation is 2. The molecule has 0 radical (unpaired) electrons. The molecule has 0 heterocycles. The Labute approximate surface area is 155 Å². The summed E-state index contributed by atoms with van der Waals surface area (Å²) in [5, 5.41) is 3.65. The summed E-state index contributed by atoms with van der Waals surface area (Å²) in [4.78, 5) is 0. The van der Waals surface area contributed by atoms with Gasteiger partial charge in [0.2, 0.25) is 0 Å². The van der Waals surface area contributed by atoms with Crippen molar-refractivity contribution in [3.63, 3.8) is 0 Å². The fourth-order valence-corrected chi connectivity index (χ4v) is 2.78. The van der Waals surface area contributed by atoms with Crippen molar-refractivity contribution in [1.29, 1.82) is 0 Å². The molecular formula is C20H26ClNO3. The zero-order valence-electron chi connectivity index (χ0n) is 15.3. The maximum absolute atomic E-state index is 6.37. The fourth-order valence-electron chi connectivity index (χ4n) is 2.49. The first kappa shape index (κ1) is 19.4. The zero-order valence-corrected chi connectivity index (χ0v) is 16.1. The van der Waals surface area contributed by atoms with Gasteiger partial charge in [-0.3, -0.25) is 0 Å².